The largest absolute Gasteiger partial charge is 0.480 e. The Labute approximate surface area is 118 Å². The zero-order valence-corrected chi connectivity index (χ0v) is 11.9. The molecule has 0 radical (unpaired) electrons. The number of pyridine rings is 1. The summed E-state index contributed by atoms with van der Waals surface area (Å²) < 4.78 is 27.0. The molecule has 1 aromatic rings. The maximum absolute atomic E-state index is 12.3. The van der Waals surface area contributed by atoms with Gasteiger partial charge in [-0.05, 0) is 25.0 Å². The molecular formula is C13H18N2O4S. The Hall–Kier alpha value is -1.47. The molecular weight excluding hydrogens is 280 g/mol. The molecule has 0 atom stereocenters. The van der Waals surface area contributed by atoms with E-state index in [0.717, 1.165) is 12.8 Å². The molecule has 1 aliphatic carbocycles. The Morgan fingerprint density at radius 3 is 2.40 bits per heavy atom. The van der Waals surface area contributed by atoms with Gasteiger partial charge in [0.15, 0.2) is 0 Å². The van der Waals surface area contributed by atoms with Crippen LogP contribution in [0.3, 0.4) is 0 Å². The van der Waals surface area contributed by atoms with Crippen LogP contribution in [0, 0.1) is 0 Å². The second-order valence-electron chi connectivity index (χ2n) is 5.10. The Kier molecular flexibility index (Phi) is 4.39. The van der Waals surface area contributed by atoms with Crippen molar-refractivity contribution in [3.8, 4) is 0 Å². The van der Waals surface area contributed by atoms with E-state index in [9.17, 15) is 18.3 Å². The van der Waals surface area contributed by atoms with Crippen LogP contribution in [-0.2, 0) is 14.8 Å². The zero-order valence-electron chi connectivity index (χ0n) is 11.1. The lowest BCUT2D eigenvalue weighted by Crippen LogP contribution is -2.54. The lowest BCUT2D eigenvalue weighted by atomic mass is 9.92. The van der Waals surface area contributed by atoms with Gasteiger partial charge in [0.2, 0.25) is 10.0 Å². The second kappa shape index (κ2) is 5.88. The molecule has 1 aromatic heterocycles. The summed E-state index contributed by atoms with van der Waals surface area (Å²) in [5.74, 6) is -1.10. The van der Waals surface area contributed by atoms with Gasteiger partial charge < -0.3 is 5.11 Å². The number of hydrogen-bond acceptors (Lipinski definition) is 4. The average molecular weight is 298 g/mol. The molecule has 0 aromatic carbocycles. The first-order valence-electron chi connectivity index (χ1n) is 6.64. The molecule has 0 saturated heterocycles. The molecule has 1 saturated carbocycles. The predicted octanol–water partition coefficient (Wildman–Crippen LogP) is 1.54. The first-order valence-corrected chi connectivity index (χ1v) is 8.12. The lowest BCUT2D eigenvalue weighted by Gasteiger charge is -2.28. The van der Waals surface area contributed by atoms with Crippen LogP contribution >= 0.6 is 0 Å². The highest BCUT2D eigenvalue weighted by atomic mass is 32.2. The number of aromatic nitrogens is 1. The first-order chi connectivity index (χ1) is 9.46. The highest BCUT2D eigenvalue weighted by molar-refractivity contribution is 7.89. The molecule has 0 unspecified atom stereocenters. The minimum atomic E-state index is -3.87. The van der Waals surface area contributed by atoms with Crippen LogP contribution in [0.15, 0.2) is 29.4 Å². The Balaban J connectivity index is 2.30. The molecule has 2 N–H and O–H groups in total. The topological polar surface area (TPSA) is 96.4 Å². The van der Waals surface area contributed by atoms with Crippen molar-refractivity contribution in [2.75, 3.05) is 0 Å². The van der Waals surface area contributed by atoms with Gasteiger partial charge in [-0.25, -0.2) is 8.42 Å². The molecule has 110 valence electrons. The molecule has 2 rings (SSSR count). The molecule has 1 aliphatic rings. The fourth-order valence-corrected chi connectivity index (χ4v) is 3.89. The van der Waals surface area contributed by atoms with Crippen LogP contribution < -0.4 is 4.72 Å². The van der Waals surface area contributed by atoms with Gasteiger partial charge in [0.05, 0.1) is 0 Å². The molecule has 0 bridgehead atoms. The maximum atomic E-state index is 12.3. The van der Waals surface area contributed by atoms with Crippen molar-refractivity contribution in [3.63, 3.8) is 0 Å². The Morgan fingerprint density at radius 2 is 1.90 bits per heavy atom. The van der Waals surface area contributed by atoms with Gasteiger partial charge in [-0.15, -0.1) is 0 Å². The molecule has 0 amide bonds. The number of carboxylic acid groups (broad SMARTS) is 1. The van der Waals surface area contributed by atoms with E-state index < -0.39 is 21.5 Å². The van der Waals surface area contributed by atoms with E-state index in [4.69, 9.17) is 0 Å². The van der Waals surface area contributed by atoms with Crippen LogP contribution in [0.25, 0.3) is 0 Å². The van der Waals surface area contributed by atoms with Crippen LogP contribution in [0.4, 0.5) is 0 Å². The molecule has 0 aliphatic heterocycles. The summed E-state index contributed by atoms with van der Waals surface area (Å²) in [6.07, 6.45) is 6.62. The lowest BCUT2D eigenvalue weighted by molar-refractivity contribution is -0.144. The van der Waals surface area contributed by atoms with Gasteiger partial charge >= 0.3 is 5.97 Å². The van der Waals surface area contributed by atoms with Crippen LogP contribution in [0.5, 0.6) is 0 Å². The third-order valence-electron chi connectivity index (χ3n) is 3.64. The molecule has 0 spiro atoms. The van der Waals surface area contributed by atoms with E-state index in [0.29, 0.717) is 25.7 Å². The average Bonchev–Trinajstić information content (AvgIpc) is 2.66. The van der Waals surface area contributed by atoms with Crippen LogP contribution in [0.2, 0.25) is 0 Å². The number of carboxylic acids is 1. The Bertz CT molecular complexity index is 563. The monoisotopic (exact) mass is 298 g/mol. The van der Waals surface area contributed by atoms with E-state index in [1.54, 1.807) is 0 Å². The summed E-state index contributed by atoms with van der Waals surface area (Å²) in [6.45, 7) is 0. The fraction of sp³-hybridized carbons (Fsp3) is 0.538. The number of aliphatic carboxylic acids is 1. The van der Waals surface area contributed by atoms with Gasteiger partial charge in [-0.1, -0.05) is 25.7 Å². The fourth-order valence-electron chi connectivity index (χ4n) is 2.51. The third kappa shape index (κ3) is 3.16. The summed E-state index contributed by atoms with van der Waals surface area (Å²) in [5, 5.41) is 9.48. The summed E-state index contributed by atoms with van der Waals surface area (Å²) in [7, 11) is -3.87. The van der Waals surface area contributed by atoms with Crippen molar-refractivity contribution in [1.29, 1.82) is 0 Å². The van der Waals surface area contributed by atoms with Crippen molar-refractivity contribution >= 4 is 16.0 Å². The smallest absolute Gasteiger partial charge is 0.324 e. The number of nitrogens with zero attached hydrogens (tertiary/aromatic N) is 1. The predicted molar refractivity (Wildman–Crippen MR) is 72.6 cm³/mol. The zero-order chi connectivity index (χ0) is 14.6. The highest BCUT2D eigenvalue weighted by Gasteiger charge is 2.42. The number of nitrogens with one attached hydrogen (secondary N) is 1. The second-order valence-corrected chi connectivity index (χ2v) is 6.78. The van der Waals surface area contributed by atoms with E-state index in [1.165, 1.54) is 24.5 Å². The summed E-state index contributed by atoms with van der Waals surface area (Å²) in [6, 6.07) is 2.91. The number of carbonyl (C=O) groups is 1. The van der Waals surface area contributed by atoms with Crippen molar-refractivity contribution in [2.45, 2.75) is 49.0 Å². The maximum Gasteiger partial charge on any atom is 0.324 e. The number of sulfonamides is 1. The number of hydrogen-bond donors (Lipinski definition) is 2. The quantitative estimate of drug-likeness (QED) is 0.822. The molecule has 20 heavy (non-hydrogen) atoms. The first kappa shape index (κ1) is 14.9. The summed E-state index contributed by atoms with van der Waals surface area (Å²) in [4.78, 5) is 15.3. The van der Waals surface area contributed by atoms with E-state index in [1.807, 2.05) is 0 Å². The van der Waals surface area contributed by atoms with E-state index >= 15 is 0 Å². The van der Waals surface area contributed by atoms with E-state index in [-0.39, 0.29) is 4.90 Å². The minimum Gasteiger partial charge on any atom is -0.480 e. The number of rotatable bonds is 4. The SMILES string of the molecule is O=C(O)C1(NS(=O)(=O)c2cccnc2)CCCCCC1. The van der Waals surface area contributed by atoms with Crippen molar-refractivity contribution in [2.24, 2.45) is 0 Å². The van der Waals surface area contributed by atoms with Crippen molar-refractivity contribution < 1.29 is 18.3 Å². The standard InChI is InChI=1S/C13H18N2O4S/c16-12(17)13(7-3-1-2-4-8-13)15-20(18,19)11-6-5-9-14-10-11/h5-6,9-10,15H,1-4,7-8H2,(H,16,17). The van der Waals surface area contributed by atoms with Gasteiger partial charge in [-0.2, -0.15) is 4.72 Å². The van der Waals surface area contributed by atoms with Crippen LogP contribution in [-0.4, -0.2) is 30.0 Å². The Morgan fingerprint density at radius 1 is 1.25 bits per heavy atom. The third-order valence-corrected chi connectivity index (χ3v) is 5.16. The molecule has 7 heteroatoms. The molecule has 1 fully saturated rings. The molecule has 1 heterocycles. The van der Waals surface area contributed by atoms with E-state index in [2.05, 4.69) is 9.71 Å². The summed E-state index contributed by atoms with van der Waals surface area (Å²) in [5.41, 5.74) is -1.40. The van der Waals surface area contributed by atoms with Gasteiger partial charge in [-0.3, -0.25) is 9.78 Å². The van der Waals surface area contributed by atoms with Gasteiger partial charge in [0.25, 0.3) is 0 Å². The normalized spacial score (nSPS) is 19.2. The van der Waals surface area contributed by atoms with Gasteiger partial charge in [0.1, 0.15) is 10.4 Å². The molecule has 6 nitrogen and oxygen atoms in total. The van der Waals surface area contributed by atoms with Crippen molar-refractivity contribution in [1.82, 2.24) is 9.71 Å². The van der Waals surface area contributed by atoms with Crippen molar-refractivity contribution in [3.05, 3.63) is 24.5 Å². The summed E-state index contributed by atoms with van der Waals surface area (Å²) >= 11 is 0. The van der Waals surface area contributed by atoms with Gasteiger partial charge in [0, 0.05) is 12.4 Å². The van der Waals surface area contributed by atoms with Crippen LogP contribution in [0.1, 0.15) is 38.5 Å². The highest BCUT2D eigenvalue weighted by Crippen LogP contribution is 2.29. The minimum absolute atomic E-state index is 0.00938.